The van der Waals surface area contributed by atoms with E-state index in [2.05, 4.69) is 41.3 Å². The number of methoxy groups -OCH3 is 1. The second-order valence-electron chi connectivity index (χ2n) is 6.60. The monoisotopic (exact) mass is 299 g/mol. The molecule has 0 bridgehead atoms. The molecule has 1 fully saturated rings. The fraction of sp³-hybridized carbons (Fsp3) is 0.471. The third-order valence-electron chi connectivity index (χ3n) is 5.55. The molecule has 1 amide bonds. The van der Waals surface area contributed by atoms with Gasteiger partial charge in [0, 0.05) is 36.8 Å². The molecule has 0 radical (unpaired) electrons. The minimum Gasteiger partial charge on any atom is -0.372 e. The normalized spacial score (nSPS) is 31.2. The first kappa shape index (κ1) is 13.8. The van der Waals surface area contributed by atoms with E-state index < -0.39 is 5.60 Å². The smallest absolute Gasteiger partial charge is 0.221 e. The first-order valence-corrected chi connectivity index (χ1v) is 7.71. The number of hydrogen-bond acceptors (Lipinski definition) is 3. The van der Waals surface area contributed by atoms with Crippen molar-refractivity contribution in [3.05, 3.63) is 35.5 Å². The van der Waals surface area contributed by atoms with Crippen molar-refractivity contribution in [2.45, 2.75) is 24.5 Å². The summed E-state index contributed by atoms with van der Waals surface area (Å²) < 4.78 is 6.09. The van der Waals surface area contributed by atoms with Gasteiger partial charge in [0.1, 0.15) is 5.60 Å². The predicted octanol–water partition coefficient (Wildman–Crippen LogP) is 1.37. The Kier molecular flexibility index (Phi) is 2.86. The van der Waals surface area contributed by atoms with Crippen molar-refractivity contribution >= 4 is 16.8 Å². The Bertz CT molecular complexity index is 753. The number of nitrogens with one attached hydrogen (secondary N) is 1. The average Bonchev–Trinajstić information content (AvgIpc) is 2.93. The number of H-pyrrole nitrogens is 1. The number of hydrogen-bond donors (Lipinski definition) is 2. The van der Waals surface area contributed by atoms with Gasteiger partial charge in [-0.1, -0.05) is 12.1 Å². The van der Waals surface area contributed by atoms with Crippen LogP contribution >= 0.6 is 0 Å². The van der Waals surface area contributed by atoms with Gasteiger partial charge in [0.05, 0.1) is 5.92 Å². The number of amides is 1. The molecule has 1 aliphatic carbocycles. The number of likely N-dealkylation sites (tertiary alicyclic amines) is 1. The highest BCUT2D eigenvalue weighted by molar-refractivity contribution is 5.89. The van der Waals surface area contributed by atoms with Gasteiger partial charge in [-0.3, -0.25) is 9.69 Å². The molecule has 3 N–H and O–H groups in total. The molecule has 22 heavy (non-hydrogen) atoms. The number of nitrogens with two attached hydrogens (primary N) is 1. The number of carbonyl (C=O) groups is 1. The largest absolute Gasteiger partial charge is 0.372 e. The van der Waals surface area contributed by atoms with Crippen LogP contribution in [0.4, 0.5) is 0 Å². The van der Waals surface area contributed by atoms with Crippen LogP contribution in [0.3, 0.4) is 0 Å². The van der Waals surface area contributed by atoms with Gasteiger partial charge in [0.25, 0.3) is 0 Å². The number of aromatic amines is 1. The molecule has 0 spiro atoms. The minimum atomic E-state index is -0.471. The molecular weight excluding hydrogens is 278 g/mol. The third-order valence-corrected chi connectivity index (χ3v) is 5.55. The summed E-state index contributed by atoms with van der Waals surface area (Å²) in [5.41, 5.74) is 8.77. The van der Waals surface area contributed by atoms with Crippen LogP contribution in [-0.4, -0.2) is 42.5 Å². The van der Waals surface area contributed by atoms with E-state index in [-0.39, 0.29) is 17.9 Å². The van der Waals surface area contributed by atoms with E-state index in [0.717, 1.165) is 11.9 Å². The van der Waals surface area contributed by atoms with Crippen molar-refractivity contribution in [2.24, 2.45) is 11.7 Å². The molecule has 2 aliphatic rings. The SMILES string of the molecule is CO[C@@]12C[C@H](C(N)=O)CN(C)[C@@H]1Cc1c[nH]c3cccc2c13. The van der Waals surface area contributed by atoms with Crippen LogP contribution in [-0.2, 0) is 21.6 Å². The molecule has 0 unspecified atom stereocenters. The third kappa shape index (κ3) is 1.63. The fourth-order valence-electron chi connectivity index (χ4n) is 4.51. The molecule has 5 heteroatoms. The zero-order valence-corrected chi connectivity index (χ0v) is 12.9. The number of nitrogens with zero attached hydrogens (tertiary/aromatic N) is 1. The Labute approximate surface area is 129 Å². The molecule has 116 valence electrons. The summed E-state index contributed by atoms with van der Waals surface area (Å²) in [6.45, 7) is 0.695. The van der Waals surface area contributed by atoms with Gasteiger partial charge in [0.15, 0.2) is 0 Å². The highest BCUT2D eigenvalue weighted by Crippen LogP contribution is 2.49. The molecule has 4 rings (SSSR count). The Hall–Kier alpha value is -1.85. The van der Waals surface area contributed by atoms with Crippen molar-refractivity contribution < 1.29 is 9.53 Å². The molecule has 0 saturated carbocycles. The van der Waals surface area contributed by atoms with Crippen molar-refractivity contribution in [3.63, 3.8) is 0 Å². The first-order valence-electron chi connectivity index (χ1n) is 7.71. The highest BCUT2D eigenvalue weighted by atomic mass is 16.5. The van der Waals surface area contributed by atoms with Gasteiger partial charge in [-0.25, -0.2) is 0 Å². The van der Waals surface area contributed by atoms with Crippen LogP contribution in [0.2, 0.25) is 0 Å². The van der Waals surface area contributed by atoms with Crippen molar-refractivity contribution in [1.82, 2.24) is 9.88 Å². The molecular formula is C17H21N3O2. The van der Waals surface area contributed by atoms with E-state index >= 15 is 0 Å². The Morgan fingerprint density at radius 2 is 2.32 bits per heavy atom. The van der Waals surface area contributed by atoms with Crippen LogP contribution in [0.1, 0.15) is 17.5 Å². The summed E-state index contributed by atoms with van der Waals surface area (Å²) in [4.78, 5) is 17.4. The highest BCUT2D eigenvalue weighted by Gasteiger charge is 2.52. The second kappa shape index (κ2) is 4.57. The second-order valence-corrected chi connectivity index (χ2v) is 6.60. The number of carbonyl (C=O) groups excluding carboxylic acids is 1. The number of rotatable bonds is 2. The number of aromatic nitrogens is 1. The van der Waals surface area contributed by atoms with E-state index in [4.69, 9.17) is 10.5 Å². The molecule has 5 nitrogen and oxygen atoms in total. The van der Waals surface area contributed by atoms with Crippen LogP contribution < -0.4 is 5.73 Å². The van der Waals surface area contributed by atoms with Gasteiger partial charge in [-0.2, -0.15) is 0 Å². The molecule has 1 saturated heterocycles. The molecule has 3 atom stereocenters. The summed E-state index contributed by atoms with van der Waals surface area (Å²) in [5.74, 6) is -0.425. The van der Waals surface area contributed by atoms with Gasteiger partial charge in [-0.15, -0.1) is 0 Å². The number of benzene rings is 1. The average molecular weight is 299 g/mol. The standard InChI is InChI=1S/C17H21N3O2/c1-20-9-11(16(18)21)7-17(22-2)12-4-3-5-13-15(12)10(8-19-13)6-14(17)20/h3-5,8,11,14,19H,6-7,9H2,1-2H3,(H2,18,21)/t11-,14+,17+/m0/s1. The molecule has 1 aromatic carbocycles. The lowest BCUT2D eigenvalue weighted by Gasteiger charge is -2.52. The summed E-state index contributed by atoms with van der Waals surface area (Å²) >= 11 is 0. The summed E-state index contributed by atoms with van der Waals surface area (Å²) in [6.07, 6.45) is 3.67. The van der Waals surface area contributed by atoms with Crippen molar-refractivity contribution in [2.75, 3.05) is 20.7 Å². The van der Waals surface area contributed by atoms with Crippen molar-refractivity contribution in [1.29, 1.82) is 0 Å². The van der Waals surface area contributed by atoms with E-state index in [1.807, 2.05) is 0 Å². The predicted molar refractivity (Wildman–Crippen MR) is 84.4 cm³/mol. The number of piperidine rings is 1. The topological polar surface area (TPSA) is 71.3 Å². The summed E-state index contributed by atoms with van der Waals surface area (Å²) in [6, 6.07) is 6.49. The van der Waals surface area contributed by atoms with Crippen LogP contribution in [0.15, 0.2) is 24.4 Å². The van der Waals surface area contributed by atoms with Gasteiger partial charge >= 0.3 is 0 Å². The zero-order chi connectivity index (χ0) is 15.5. The lowest BCUT2D eigenvalue weighted by Crippen LogP contribution is -2.60. The van der Waals surface area contributed by atoms with Gasteiger partial charge in [-0.05, 0) is 37.1 Å². The van der Waals surface area contributed by atoms with E-state index in [1.165, 1.54) is 16.5 Å². The number of primary amides is 1. The van der Waals surface area contributed by atoms with Crippen molar-refractivity contribution in [3.8, 4) is 0 Å². The lowest BCUT2D eigenvalue weighted by molar-refractivity contribution is -0.145. The maximum atomic E-state index is 11.8. The van der Waals surface area contributed by atoms with E-state index in [9.17, 15) is 4.79 Å². The quantitative estimate of drug-likeness (QED) is 0.880. The summed E-state index contributed by atoms with van der Waals surface area (Å²) in [5, 5.41) is 1.25. The maximum Gasteiger partial charge on any atom is 0.221 e. The lowest BCUT2D eigenvalue weighted by atomic mass is 9.68. The minimum absolute atomic E-state index is 0.183. The van der Waals surface area contributed by atoms with E-state index in [0.29, 0.717) is 13.0 Å². The number of ether oxygens (including phenoxy) is 1. The zero-order valence-electron chi connectivity index (χ0n) is 12.9. The van der Waals surface area contributed by atoms with Crippen LogP contribution in [0, 0.1) is 5.92 Å². The Balaban J connectivity index is 1.95. The van der Waals surface area contributed by atoms with Crippen LogP contribution in [0.5, 0.6) is 0 Å². The first-order chi connectivity index (χ1) is 10.6. The van der Waals surface area contributed by atoms with E-state index in [1.54, 1.807) is 7.11 Å². The fourth-order valence-corrected chi connectivity index (χ4v) is 4.51. The molecule has 1 aliphatic heterocycles. The molecule has 2 aromatic rings. The maximum absolute atomic E-state index is 11.8. The Morgan fingerprint density at radius 1 is 1.50 bits per heavy atom. The molecule has 1 aromatic heterocycles. The number of fused-ring (bicyclic) bond motifs is 2. The van der Waals surface area contributed by atoms with Gasteiger partial charge in [0.2, 0.25) is 5.91 Å². The summed E-state index contributed by atoms with van der Waals surface area (Å²) in [7, 11) is 3.81. The Morgan fingerprint density at radius 3 is 3.05 bits per heavy atom. The number of likely N-dealkylation sites (N-methyl/N-ethyl adjacent to an activating group) is 1. The van der Waals surface area contributed by atoms with Gasteiger partial charge < -0.3 is 15.5 Å². The van der Waals surface area contributed by atoms with Crippen LogP contribution in [0.25, 0.3) is 10.9 Å². The molecule has 2 heterocycles.